The number of hydrogen-bond acceptors (Lipinski definition) is 1. The molecule has 0 saturated heterocycles. The van der Waals surface area contributed by atoms with Gasteiger partial charge in [0.1, 0.15) is 0 Å². The van der Waals surface area contributed by atoms with Crippen LogP contribution in [0, 0.1) is 23.2 Å². The molecule has 0 aromatic rings. The monoisotopic (exact) mass is 237 g/mol. The van der Waals surface area contributed by atoms with Gasteiger partial charge in [0.15, 0.2) is 0 Å². The first-order chi connectivity index (χ1) is 7.97. The predicted molar refractivity (Wildman–Crippen MR) is 75.1 cm³/mol. The van der Waals surface area contributed by atoms with Crippen LogP contribution in [0.15, 0.2) is 0 Å². The number of rotatable bonds is 4. The van der Waals surface area contributed by atoms with Crippen molar-refractivity contribution in [3.63, 3.8) is 0 Å². The quantitative estimate of drug-likeness (QED) is 0.771. The molecule has 100 valence electrons. The average molecular weight is 237 g/mol. The summed E-state index contributed by atoms with van der Waals surface area (Å²) in [4.78, 5) is 0. The van der Waals surface area contributed by atoms with E-state index in [1.807, 2.05) is 0 Å². The summed E-state index contributed by atoms with van der Waals surface area (Å²) in [5.74, 6) is 2.91. The SMILES string of the molecule is CC(NCC1CCC(C(C)(C)C)CC1)C1CC1. The van der Waals surface area contributed by atoms with Crippen molar-refractivity contribution in [2.45, 2.75) is 72.3 Å². The van der Waals surface area contributed by atoms with E-state index in [4.69, 9.17) is 0 Å². The molecular formula is C16H31N. The van der Waals surface area contributed by atoms with Crippen LogP contribution in [0.25, 0.3) is 0 Å². The molecule has 2 saturated carbocycles. The molecule has 0 aromatic carbocycles. The summed E-state index contributed by atoms with van der Waals surface area (Å²) in [6, 6.07) is 0.773. The van der Waals surface area contributed by atoms with Crippen LogP contribution >= 0.6 is 0 Å². The minimum absolute atomic E-state index is 0.527. The highest BCUT2D eigenvalue weighted by Crippen LogP contribution is 2.39. The van der Waals surface area contributed by atoms with Crippen molar-refractivity contribution in [3.05, 3.63) is 0 Å². The van der Waals surface area contributed by atoms with Crippen LogP contribution in [0.4, 0.5) is 0 Å². The molecule has 0 heterocycles. The van der Waals surface area contributed by atoms with E-state index in [1.54, 1.807) is 0 Å². The van der Waals surface area contributed by atoms with E-state index in [2.05, 4.69) is 33.0 Å². The zero-order valence-electron chi connectivity index (χ0n) is 12.3. The standard InChI is InChI=1S/C16H31N/c1-12(14-7-8-14)17-11-13-5-9-15(10-6-13)16(2,3)4/h12-15,17H,5-11H2,1-4H3. The molecule has 2 rings (SSSR count). The highest BCUT2D eigenvalue weighted by Gasteiger charge is 2.31. The lowest BCUT2D eigenvalue weighted by molar-refractivity contribution is 0.147. The van der Waals surface area contributed by atoms with Crippen LogP contribution in [0.1, 0.15) is 66.2 Å². The molecule has 1 unspecified atom stereocenters. The zero-order valence-corrected chi connectivity index (χ0v) is 12.3. The van der Waals surface area contributed by atoms with Crippen molar-refractivity contribution >= 4 is 0 Å². The molecule has 1 N–H and O–H groups in total. The normalized spacial score (nSPS) is 32.5. The van der Waals surface area contributed by atoms with Gasteiger partial charge in [-0.3, -0.25) is 0 Å². The van der Waals surface area contributed by atoms with Crippen LogP contribution in [0.3, 0.4) is 0 Å². The maximum atomic E-state index is 3.77. The first-order valence-electron chi connectivity index (χ1n) is 7.70. The molecular weight excluding hydrogens is 206 g/mol. The Morgan fingerprint density at radius 1 is 1.00 bits per heavy atom. The van der Waals surface area contributed by atoms with E-state index in [1.165, 1.54) is 45.1 Å². The van der Waals surface area contributed by atoms with Crippen molar-refractivity contribution in [1.82, 2.24) is 5.32 Å². The topological polar surface area (TPSA) is 12.0 Å². The second kappa shape index (κ2) is 5.30. The molecule has 0 spiro atoms. The van der Waals surface area contributed by atoms with Gasteiger partial charge < -0.3 is 5.32 Å². The van der Waals surface area contributed by atoms with Gasteiger partial charge in [0.2, 0.25) is 0 Å². The van der Waals surface area contributed by atoms with Crippen molar-refractivity contribution in [1.29, 1.82) is 0 Å². The summed E-state index contributed by atoms with van der Waals surface area (Å²) < 4.78 is 0. The maximum Gasteiger partial charge on any atom is 0.00671 e. The third kappa shape index (κ3) is 3.98. The fourth-order valence-corrected chi connectivity index (χ4v) is 3.35. The molecule has 1 heteroatoms. The third-order valence-electron chi connectivity index (χ3n) is 5.13. The first-order valence-corrected chi connectivity index (χ1v) is 7.70. The van der Waals surface area contributed by atoms with Crippen LogP contribution in [0.5, 0.6) is 0 Å². The fraction of sp³-hybridized carbons (Fsp3) is 1.00. The lowest BCUT2D eigenvalue weighted by atomic mass is 9.70. The Morgan fingerprint density at radius 3 is 2.06 bits per heavy atom. The lowest BCUT2D eigenvalue weighted by Gasteiger charge is -2.37. The maximum absolute atomic E-state index is 3.77. The van der Waals surface area contributed by atoms with Gasteiger partial charge in [0, 0.05) is 6.04 Å². The van der Waals surface area contributed by atoms with E-state index in [0.717, 1.165) is 23.8 Å². The van der Waals surface area contributed by atoms with Gasteiger partial charge in [-0.1, -0.05) is 20.8 Å². The van der Waals surface area contributed by atoms with E-state index in [0.29, 0.717) is 5.41 Å². The molecule has 0 radical (unpaired) electrons. The van der Waals surface area contributed by atoms with Gasteiger partial charge in [0.25, 0.3) is 0 Å². The Kier molecular flexibility index (Phi) is 4.18. The van der Waals surface area contributed by atoms with Gasteiger partial charge >= 0.3 is 0 Å². The van der Waals surface area contributed by atoms with Gasteiger partial charge in [-0.05, 0) is 75.2 Å². The molecule has 2 aliphatic carbocycles. The summed E-state index contributed by atoms with van der Waals surface area (Å²) in [6.45, 7) is 10.9. The predicted octanol–water partition coefficient (Wildman–Crippen LogP) is 4.23. The molecule has 1 atom stereocenters. The lowest BCUT2D eigenvalue weighted by Crippen LogP contribution is -2.35. The van der Waals surface area contributed by atoms with Gasteiger partial charge in [-0.15, -0.1) is 0 Å². The summed E-state index contributed by atoms with van der Waals surface area (Å²) in [5, 5.41) is 3.77. The average Bonchev–Trinajstić information content (AvgIpc) is 3.09. The summed E-state index contributed by atoms with van der Waals surface area (Å²) in [5.41, 5.74) is 0.527. The Balaban J connectivity index is 1.65. The second-order valence-electron chi connectivity index (χ2n) is 7.62. The Hall–Kier alpha value is -0.0400. The highest BCUT2D eigenvalue weighted by molar-refractivity contribution is 4.85. The van der Waals surface area contributed by atoms with E-state index in [9.17, 15) is 0 Å². The fourth-order valence-electron chi connectivity index (χ4n) is 3.35. The van der Waals surface area contributed by atoms with Gasteiger partial charge in [-0.2, -0.15) is 0 Å². The third-order valence-corrected chi connectivity index (χ3v) is 5.13. The minimum Gasteiger partial charge on any atom is -0.314 e. The molecule has 1 nitrogen and oxygen atoms in total. The second-order valence-corrected chi connectivity index (χ2v) is 7.62. The highest BCUT2D eigenvalue weighted by atomic mass is 14.9. The molecule has 2 fully saturated rings. The van der Waals surface area contributed by atoms with Crippen molar-refractivity contribution in [2.75, 3.05) is 6.54 Å². The number of nitrogens with one attached hydrogen (secondary N) is 1. The van der Waals surface area contributed by atoms with Crippen LogP contribution in [0.2, 0.25) is 0 Å². The summed E-state index contributed by atoms with van der Waals surface area (Å²) >= 11 is 0. The summed E-state index contributed by atoms with van der Waals surface area (Å²) in [6.07, 6.45) is 8.73. The largest absolute Gasteiger partial charge is 0.314 e. The smallest absolute Gasteiger partial charge is 0.00671 e. The van der Waals surface area contributed by atoms with Crippen molar-refractivity contribution in [3.8, 4) is 0 Å². The minimum atomic E-state index is 0.527. The Bertz CT molecular complexity index is 228. The zero-order chi connectivity index (χ0) is 12.5. The van der Waals surface area contributed by atoms with Crippen molar-refractivity contribution < 1.29 is 0 Å². The molecule has 0 aromatic heterocycles. The Morgan fingerprint density at radius 2 is 1.59 bits per heavy atom. The molecule has 0 amide bonds. The Labute approximate surface area is 108 Å². The number of hydrogen-bond donors (Lipinski definition) is 1. The van der Waals surface area contributed by atoms with Gasteiger partial charge in [0.05, 0.1) is 0 Å². The van der Waals surface area contributed by atoms with Gasteiger partial charge in [-0.25, -0.2) is 0 Å². The molecule has 2 aliphatic rings. The molecule has 0 aliphatic heterocycles. The van der Waals surface area contributed by atoms with Crippen molar-refractivity contribution in [2.24, 2.45) is 23.2 Å². The van der Waals surface area contributed by atoms with E-state index in [-0.39, 0.29) is 0 Å². The first kappa shape index (κ1) is 13.4. The van der Waals surface area contributed by atoms with Crippen LogP contribution in [-0.2, 0) is 0 Å². The van der Waals surface area contributed by atoms with Crippen LogP contribution < -0.4 is 5.32 Å². The molecule has 17 heavy (non-hydrogen) atoms. The van der Waals surface area contributed by atoms with E-state index < -0.39 is 0 Å². The molecule has 0 bridgehead atoms. The summed E-state index contributed by atoms with van der Waals surface area (Å²) in [7, 11) is 0. The van der Waals surface area contributed by atoms with Crippen LogP contribution in [-0.4, -0.2) is 12.6 Å². The van der Waals surface area contributed by atoms with E-state index >= 15 is 0 Å².